The minimum Gasteiger partial charge on any atom is -0.292 e. The van der Waals surface area contributed by atoms with E-state index in [-0.39, 0.29) is 24.1 Å². The number of hydrogen-bond donors (Lipinski definition) is 0. The number of aryl methyl sites for hydroxylation is 1. The lowest BCUT2D eigenvalue weighted by atomic mass is 10.1. The van der Waals surface area contributed by atoms with Gasteiger partial charge in [-0.3, -0.25) is 19.3 Å². The maximum atomic E-state index is 12.1. The van der Waals surface area contributed by atoms with Gasteiger partial charge in [0, 0.05) is 18.4 Å². The first-order chi connectivity index (χ1) is 9.08. The maximum absolute atomic E-state index is 12.1. The molecular formula is C15H17NO3. The highest BCUT2D eigenvalue weighted by Gasteiger charge is 2.26. The van der Waals surface area contributed by atoms with Gasteiger partial charge in [-0.25, -0.2) is 0 Å². The van der Waals surface area contributed by atoms with Crippen LogP contribution in [-0.2, 0) is 9.59 Å². The minimum atomic E-state index is -0.233. The number of benzene rings is 1. The van der Waals surface area contributed by atoms with Crippen molar-refractivity contribution in [2.45, 2.75) is 32.6 Å². The van der Waals surface area contributed by atoms with Crippen molar-refractivity contribution in [2.75, 3.05) is 6.54 Å². The van der Waals surface area contributed by atoms with Gasteiger partial charge in [-0.2, -0.15) is 0 Å². The monoisotopic (exact) mass is 259 g/mol. The van der Waals surface area contributed by atoms with Crippen molar-refractivity contribution in [3.63, 3.8) is 0 Å². The summed E-state index contributed by atoms with van der Waals surface area (Å²) in [5.41, 5.74) is 1.53. The molecule has 0 saturated carbocycles. The minimum absolute atomic E-state index is 0.138. The van der Waals surface area contributed by atoms with Crippen molar-refractivity contribution in [3.8, 4) is 0 Å². The molecule has 0 bridgehead atoms. The first-order valence-corrected chi connectivity index (χ1v) is 6.51. The molecule has 0 radical (unpaired) electrons. The molecule has 100 valence electrons. The molecule has 0 N–H and O–H groups in total. The standard InChI is InChI=1S/C15H17NO3/c1-11-5-4-6-12(9-11)13(17)10-16-14(18)7-2-3-8-15(16)19/h4-6,9H,2-3,7-8,10H2,1H3. The largest absolute Gasteiger partial charge is 0.292 e. The molecule has 0 aliphatic carbocycles. The Kier molecular flexibility index (Phi) is 4.10. The fraction of sp³-hybridized carbons (Fsp3) is 0.400. The zero-order valence-electron chi connectivity index (χ0n) is 11.0. The van der Waals surface area contributed by atoms with E-state index in [0.717, 1.165) is 23.3 Å². The summed E-state index contributed by atoms with van der Waals surface area (Å²) in [6, 6.07) is 7.19. The number of hydrogen-bond acceptors (Lipinski definition) is 3. The van der Waals surface area contributed by atoms with E-state index in [2.05, 4.69) is 0 Å². The molecule has 0 aromatic heterocycles. The van der Waals surface area contributed by atoms with Crippen LogP contribution in [0.3, 0.4) is 0 Å². The van der Waals surface area contributed by atoms with Crippen molar-refractivity contribution in [2.24, 2.45) is 0 Å². The first-order valence-electron chi connectivity index (χ1n) is 6.51. The van der Waals surface area contributed by atoms with E-state index in [4.69, 9.17) is 0 Å². The van der Waals surface area contributed by atoms with Crippen molar-refractivity contribution in [3.05, 3.63) is 35.4 Å². The molecule has 0 unspecified atom stereocenters. The van der Waals surface area contributed by atoms with E-state index in [9.17, 15) is 14.4 Å². The molecule has 4 heteroatoms. The Labute approximate surface area is 112 Å². The predicted octanol–water partition coefficient (Wildman–Crippen LogP) is 2.11. The van der Waals surface area contributed by atoms with Gasteiger partial charge >= 0.3 is 0 Å². The zero-order chi connectivity index (χ0) is 13.8. The number of carbonyl (C=O) groups excluding carboxylic acids is 3. The molecule has 1 aromatic carbocycles. The topological polar surface area (TPSA) is 54.5 Å². The summed E-state index contributed by atoms with van der Waals surface area (Å²) in [6.07, 6.45) is 2.15. The lowest BCUT2D eigenvalue weighted by Gasteiger charge is -2.17. The van der Waals surface area contributed by atoms with Gasteiger partial charge in [0.15, 0.2) is 5.78 Å². The number of imide groups is 1. The number of amides is 2. The number of nitrogens with zero attached hydrogens (tertiary/aromatic N) is 1. The zero-order valence-corrected chi connectivity index (χ0v) is 11.0. The molecule has 1 fully saturated rings. The quantitative estimate of drug-likeness (QED) is 0.617. The van der Waals surface area contributed by atoms with Gasteiger partial charge in [-0.1, -0.05) is 23.8 Å². The summed E-state index contributed by atoms with van der Waals surface area (Å²) in [5, 5.41) is 0. The summed E-state index contributed by atoms with van der Waals surface area (Å²) < 4.78 is 0. The van der Waals surface area contributed by atoms with Crippen LogP contribution < -0.4 is 0 Å². The van der Waals surface area contributed by atoms with Crippen molar-refractivity contribution >= 4 is 17.6 Å². The SMILES string of the molecule is Cc1cccc(C(=O)CN2C(=O)CCCCC2=O)c1. The fourth-order valence-electron chi connectivity index (χ4n) is 2.19. The second-order valence-electron chi connectivity index (χ2n) is 4.87. The molecule has 1 aromatic rings. The molecule has 2 amide bonds. The molecule has 2 rings (SSSR count). The first kappa shape index (κ1) is 13.5. The normalized spacial score (nSPS) is 16.4. The van der Waals surface area contributed by atoms with E-state index in [1.54, 1.807) is 18.2 Å². The molecule has 0 spiro atoms. The Morgan fingerprint density at radius 3 is 2.37 bits per heavy atom. The van der Waals surface area contributed by atoms with Crippen LogP contribution in [0.4, 0.5) is 0 Å². The second-order valence-corrected chi connectivity index (χ2v) is 4.87. The summed E-state index contributed by atoms with van der Waals surface area (Å²) in [7, 11) is 0. The average molecular weight is 259 g/mol. The Balaban J connectivity index is 2.12. The van der Waals surface area contributed by atoms with E-state index in [0.29, 0.717) is 18.4 Å². The summed E-state index contributed by atoms with van der Waals surface area (Å²) in [4.78, 5) is 36.9. The fourth-order valence-corrected chi connectivity index (χ4v) is 2.19. The van der Waals surface area contributed by atoms with Crippen LogP contribution in [0.15, 0.2) is 24.3 Å². The van der Waals surface area contributed by atoms with Gasteiger partial charge in [-0.15, -0.1) is 0 Å². The molecule has 1 saturated heterocycles. The summed E-state index contributed by atoms with van der Waals surface area (Å²) in [6.45, 7) is 1.76. The van der Waals surface area contributed by atoms with Crippen LogP contribution in [0.25, 0.3) is 0 Å². The summed E-state index contributed by atoms with van der Waals surface area (Å²) in [5.74, 6) is -0.653. The third-order valence-corrected chi connectivity index (χ3v) is 3.28. The molecule has 1 heterocycles. The Morgan fingerprint density at radius 2 is 1.79 bits per heavy atom. The van der Waals surface area contributed by atoms with Gasteiger partial charge in [0.05, 0.1) is 6.54 Å². The number of rotatable bonds is 3. The Bertz CT molecular complexity index is 504. The van der Waals surface area contributed by atoms with Gasteiger partial charge in [0.25, 0.3) is 0 Å². The maximum Gasteiger partial charge on any atom is 0.229 e. The molecule has 1 aliphatic rings. The highest BCUT2D eigenvalue weighted by Crippen LogP contribution is 2.14. The van der Waals surface area contributed by atoms with Gasteiger partial charge < -0.3 is 0 Å². The molecular weight excluding hydrogens is 242 g/mol. The van der Waals surface area contributed by atoms with E-state index >= 15 is 0 Å². The van der Waals surface area contributed by atoms with Crippen LogP contribution in [0.2, 0.25) is 0 Å². The second kappa shape index (κ2) is 5.78. The summed E-state index contributed by atoms with van der Waals surface area (Å²) >= 11 is 0. The highest BCUT2D eigenvalue weighted by molar-refractivity contribution is 6.04. The highest BCUT2D eigenvalue weighted by atomic mass is 16.2. The van der Waals surface area contributed by atoms with Crippen LogP contribution >= 0.6 is 0 Å². The number of likely N-dealkylation sites (tertiary alicyclic amines) is 1. The third-order valence-electron chi connectivity index (χ3n) is 3.28. The van der Waals surface area contributed by atoms with Gasteiger partial charge in [-0.05, 0) is 25.8 Å². The molecule has 0 atom stereocenters. The Morgan fingerprint density at radius 1 is 1.16 bits per heavy atom. The molecule has 19 heavy (non-hydrogen) atoms. The predicted molar refractivity (Wildman–Crippen MR) is 70.7 cm³/mol. The van der Waals surface area contributed by atoms with E-state index in [1.165, 1.54) is 0 Å². The lowest BCUT2D eigenvalue weighted by molar-refractivity contribution is -0.143. The number of Topliss-reactive ketones (excluding diaryl/α,β-unsaturated/α-hetero) is 1. The lowest BCUT2D eigenvalue weighted by Crippen LogP contribution is -2.39. The van der Waals surface area contributed by atoms with Crippen LogP contribution in [0.5, 0.6) is 0 Å². The van der Waals surface area contributed by atoms with Crippen LogP contribution in [0, 0.1) is 6.92 Å². The number of carbonyl (C=O) groups is 3. The van der Waals surface area contributed by atoms with E-state index in [1.807, 2.05) is 13.0 Å². The third kappa shape index (κ3) is 3.28. The molecule has 1 aliphatic heterocycles. The van der Waals surface area contributed by atoms with Gasteiger partial charge in [0.2, 0.25) is 11.8 Å². The van der Waals surface area contributed by atoms with Crippen molar-refractivity contribution < 1.29 is 14.4 Å². The number of ketones is 1. The van der Waals surface area contributed by atoms with Crippen LogP contribution in [-0.4, -0.2) is 29.0 Å². The smallest absolute Gasteiger partial charge is 0.229 e. The average Bonchev–Trinajstić information content (AvgIpc) is 2.54. The Hall–Kier alpha value is -1.97. The van der Waals surface area contributed by atoms with Crippen LogP contribution in [0.1, 0.15) is 41.6 Å². The van der Waals surface area contributed by atoms with E-state index < -0.39 is 0 Å². The van der Waals surface area contributed by atoms with Crippen molar-refractivity contribution in [1.82, 2.24) is 4.90 Å². The van der Waals surface area contributed by atoms with Crippen molar-refractivity contribution in [1.29, 1.82) is 0 Å². The molecule has 4 nitrogen and oxygen atoms in total. The van der Waals surface area contributed by atoms with Gasteiger partial charge in [0.1, 0.15) is 0 Å².